The maximum absolute atomic E-state index is 12.2. The van der Waals surface area contributed by atoms with Crippen LogP contribution in [0.15, 0.2) is 18.2 Å². The average molecular weight is 280 g/mol. The molecule has 0 bridgehead atoms. The fourth-order valence-corrected chi connectivity index (χ4v) is 1.93. The number of aliphatic hydroxyl groups excluding tert-OH is 1. The van der Waals surface area contributed by atoms with Crippen LogP contribution in [-0.4, -0.2) is 28.6 Å². The number of nitro groups is 1. The topological polar surface area (TPSA) is 92.5 Å². The zero-order chi connectivity index (χ0) is 15.3. The highest BCUT2D eigenvalue weighted by atomic mass is 16.6. The van der Waals surface area contributed by atoms with Crippen LogP contribution in [0.4, 0.5) is 5.69 Å². The zero-order valence-electron chi connectivity index (χ0n) is 11.9. The molecule has 0 aliphatic carbocycles. The molecule has 0 aliphatic rings. The molecule has 0 aromatic heterocycles. The van der Waals surface area contributed by atoms with E-state index >= 15 is 0 Å². The van der Waals surface area contributed by atoms with E-state index in [9.17, 15) is 14.9 Å². The van der Waals surface area contributed by atoms with Gasteiger partial charge in [0.2, 0.25) is 0 Å². The zero-order valence-corrected chi connectivity index (χ0v) is 11.9. The number of aryl methyl sites for hydroxylation is 1. The minimum absolute atomic E-state index is 0.0168. The number of nitro benzene ring substituents is 1. The first-order chi connectivity index (χ1) is 9.36. The lowest BCUT2D eigenvalue weighted by atomic mass is 10.00. The Bertz CT molecular complexity index is 500. The SMILES string of the molecule is Cc1ccc([N+](=O)[O-])cc1C(=O)NC(CCO)C(C)C. The number of benzene rings is 1. The van der Waals surface area contributed by atoms with E-state index < -0.39 is 4.92 Å². The summed E-state index contributed by atoms with van der Waals surface area (Å²) in [6.45, 7) is 5.61. The maximum atomic E-state index is 12.2. The summed E-state index contributed by atoms with van der Waals surface area (Å²) in [5.41, 5.74) is 0.867. The molecule has 0 saturated carbocycles. The highest BCUT2D eigenvalue weighted by Crippen LogP contribution is 2.18. The van der Waals surface area contributed by atoms with Crippen LogP contribution in [0.25, 0.3) is 0 Å². The summed E-state index contributed by atoms with van der Waals surface area (Å²) in [4.78, 5) is 22.5. The Morgan fingerprint density at radius 2 is 2.10 bits per heavy atom. The van der Waals surface area contributed by atoms with Crippen LogP contribution < -0.4 is 5.32 Å². The molecule has 2 N–H and O–H groups in total. The smallest absolute Gasteiger partial charge is 0.270 e. The molecular weight excluding hydrogens is 260 g/mol. The molecule has 0 spiro atoms. The predicted molar refractivity (Wildman–Crippen MR) is 75.6 cm³/mol. The minimum Gasteiger partial charge on any atom is -0.396 e. The summed E-state index contributed by atoms with van der Waals surface area (Å²) in [5.74, 6) is -0.177. The van der Waals surface area contributed by atoms with Crippen molar-refractivity contribution in [1.29, 1.82) is 0 Å². The lowest BCUT2D eigenvalue weighted by Gasteiger charge is -2.21. The van der Waals surface area contributed by atoms with E-state index in [-0.39, 0.29) is 30.2 Å². The summed E-state index contributed by atoms with van der Waals surface area (Å²) in [5, 5.41) is 22.6. The molecule has 20 heavy (non-hydrogen) atoms. The summed E-state index contributed by atoms with van der Waals surface area (Å²) < 4.78 is 0. The van der Waals surface area contributed by atoms with Gasteiger partial charge in [0.15, 0.2) is 0 Å². The monoisotopic (exact) mass is 280 g/mol. The Morgan fingerprint density at radius 3 is 2.60 bits per heavy atom. The summed E-state index contributed by atoms with van der Waals surface area (Å²) in [6, 6.07) is 4.05. The Hall–Kier alpha value is -1.95. The highest BCUT2D eigenvalue weighted by Gasteiger charge is 2.19. The molecule has 1 unspecified atom stereocenters. The number of hydrogen-bond acceptors (Lipinski definition) is 4. The molecule has 110 valence electrons. The van der Waals surface area contributed by atoms with E-state index in [1.165, 1.54) is 12.1 Å². The van der Waals surface area contributed by atoms with Crippen LogP contribution in [0, 0.1) is 23.0 Å². The maximum Gasteiger partial charge on any atom is 0.270 e. The van der Waals surface area contributed by atoms with Crippen LogP contribution in [0.5, 0.6) is 0 Å². The van der Waals surface area contributed by atoms with Gasteiger partial charge in [0.25, 0.3) is 11.6 Å². The number of carbonyl (C=O) groups is 1. The average Bonchev–Trinajstić information content (AvgIpc) is 2.38. The largest absolute Gasteiger partial charge is 0.396 e. The summed E-state index contributed by atoms with van der Waals surface area (Å²) in [7, 11) is 0. The van der Waals surface area contributed by atoms with Gasteiger partial charge in [0.1, 0.15) is 0 Å². The van der Waals surface area contributed by atoms with Crippen molar-refractivity contribution < 1.29 is 14.8 Å². The van der Waals surface area contributed by atoms with Gasteiger partial charge in [-0.25, -0.2) is 0 Å². The number of aliphatic hydroxyl groups is 1. The second kappa shape index (κ2) is 7.00. The predicted octanol–water partition coefficient (Wildman–Crippen LogP) is 2.04. The van der Waals surface area contributed by atoms with Crippen molar-refractivity contribution in [3.8, 4) is 0 Å². The van der Waals surface area contributed by atoms with Gasteiger partial charge in [0, 0.05) is 30.3 Å². The van der Waals surface area contributed by atoms with Gasteiger partial charge in [-0.3, -0.25) is 14.9 Å². The molecule has 0 aliphatic heterocycles. The fourth-order valence-electron chi connectivity index (χ4n) is 1.93. The van der Waals surface area contributed by atoms with Crippen molar-refractivity contribution >= 4 is 11.6 Å². The van der Waals surface area contributed by atoms with Crippen molar-refractivity contribution in [2.75, 3.05) is 6.61 Å². The third-order valence-corrected chi connectivity index (χ3v) is 3.24. The molecule has 1 aromatic carbocycles. The second-order valence-corrected chi connectivity index (χ2v) is 5.09. The Kier molecular flexibility index (Phi) is 5.64. The molecule has 0 fully saturated rings. The van der Waals surface area contributed by atoms with Crippen LogP contribution >= 0.6 is 0 Å². The molecular formula is C14H20N2O4. The highest BCUT2D eigenvalue weighted by molar-refractivity contribution is 5.96. The van der Waals surface area contributed by atoms with E-state index in [2.05, 4.69) is 5.32 Å². The minimum atomic E-state index is -0.524. The van der Waals surface area contributed by atoms with Gasteiger partial charge in [-0.1, -0.05) is 19.9 Å². The van der Waals surface area contributed by atoms with Crippen LogP contribution in [0.1, 0.15) is 36.2 Å². The van der Waals surface area contributed by atoms with Crippen LogP contribution in [0.2, 0.25) is 0 Å². The fraction of sp³-hybridized carbons (Fsp3) is 0.500. The summed E-state index contributed by atoms with van der Waals surface area (Å²) >= 11 is 0. The van der Waals surface area contributed by atoms with Gasteiger partial charge in [-0.2, -0.15) is 0 Å². The second-order valence-electron chi connectivity index (χ2n) is 5.09. The third kappa shape index (κ3) is 4.03. The first-order valence-electron chi connectivity index (χ1n) is 6.53. The molecule has 1 aromatic rings. The molecule has 1 atom stereocenters. The Balaban J connectivity index is 2.96. The first kappa shape index (κ1) is 16.1. The van der Waals surface area contributed by atoms with Gasteiger partial charge < -0.3 is 10.4 Å². The normalized spacial score (nSPS) is 12.2. The lowest BCUT2D eigenvalue weighted by Crippen LogP contribution is -2.39. The first-order valence-corrected chi connectivity index (χ1v) is 6.53. The number of hydrogen-bond donors (Lipinski definition) is 2. The van der Waals surface area contributed by atoms with E-state index in [0.29, 0.717) is 17.5 Å². The van der Waals surface area contributed by atoms with E-state index in [0.717, 1.165) is 0 Å². The number of rotatable bonds is 6. The molecule has 1 amide bonds. The number of nitrogens with one attached hydrogen (secondary N) is 1. The lowest BCUT2D eigenvalue weighted by molar-refractivity contribution is -0.384. The number of amides is 1. The Labute approximate surface area is 118 Å². The molecule has 0 saturated heterocycles. The van der Waals surface area contributed by atoms with Crippen LogP contribution in [0.3, 0.4) is 0 Å². The Morgan fingerprint density at radius 1 is 1.45 bits per heavy atom. The quantitative estimate of drug-likeness (QED) is 0.616. The number of non-ortho nitro benzene ring substituents is 1. The molecule has 1 rings (SSSR count). The molecule has 6 heteroatoms. The van der Waals surface area contributed by atoms with Gasteiger partial charge in [-0.15, -0.1) is 0 Å². The molecule has 6 nitrogen and oxygen atoms in total. The van der Waals surface area contributed by atoms with Crippen molar-refractivity contribution in [2.45, 2.75) is 33.2 Å². The van der Waals surface area contributed by atoms with Crippen molar-refractivity contribution in [2.24, 2.45) is 5.92 Å². The van der Waals surface area contributed by atoms with E-state index in [1.54, 1.807) is 13.0 Å². The van der Waals surface area contributed by atoms with Gasteiger partial charge in [0.05, 0.1) is 4.92 Å². The van der Waals surface area contributed by atoms with Crippen molar-refractivity contribution in [1.82, 2.24) is 5.32 Å². The van der Waals surface area contributed by atoms with E-state index in [1.807, 2.05) is 13.8 Å². The molecule has 0 heterocycles. The standard InChI is InChI=1S/C14H20N2O4/c1-9(2)13(6-7-17)15-14(18)12-8-11(16(19)20)5-4-10(12)3/h4-5,8-9,13,17H,6-7H2,1-3H3,(H,15,18). The number of nitrogens with zero attached hydrogens (tertiary/aromatic N) is 1. The third-order valence-electron chi connectivity index (χ3n) is 3.24. The van der Waals surface area contributed by atoms with Crippen LogP contribution in [-0.2, 0) is 0 Å². The van der Waals surface area contributed by atoms with Crippen molar-refractivity contribution in [3.05, 3.63) is 39.4 Å². The summed E-state index contributed by atoms with van der Waals surface area (Å²) in [6.07, 6.45) is 0.456. The van der Waals surface area contributed by atoms with Gasteiger partial charge >= 0.3 is 0 Å². The number of carbonyl (C=O) groups excluding carboxylic acids is 1. The van der Waals surface area contributed by atoms with E-state index in [4.69, 9.17) is 5.11 Å². The van der Waals surface area contributed by atoms with Crippen molar-refractivity contribution in [3.63, 3.8) is 0 Å². The molecule has 0 radical (unpaired) electrons. The van der Waals surface area contributed by atoms with Gasteiger partial charge in [-0.05, 0) is 24.8 Å².